The SMILES string of the molecule is C=Cc1cc(C=C)cc(C(CCCCC(C)C)CCCCC(C)C)c1. The fraction of sp³-hybridized carbons (Fsp3) is 0.600. The molecule has 0 aliphatic carbocycles. The zero-order valence-electron chi connectivity index (χ0n) is 17.2. The first kappa shape index (κ1) is 21.7. The summed E-state index contributed by atoms with van der Waals surface area (Å²) in [6.07, 6.45) is 14.7. The van der Waals surface area contributed by atoms with E-state index in [0.29, 0.717) is 5.92 Å². The van der Waals surface area contributed by atoms with Crippen molar-refractivity contribution in [3.63, 3.8) is 0 Å². The Morgan fingerprint density at radius 1 is 0.680 bits per heavy atom. The third-order valence-electron chi connectivity index (χ3n) is 5.11. The highest BCUT2D eigenvalue weighted by atomic mass is 14.2. The van der Waals surface area contributed by atoms with E-state index in [2.05, 4.69) is 59.1 Å². The van der Waals surface area contributed by atoms with Crippen molar-refractivity contribution in [3.8, 4) is 0 Å². The third-order valence-corrected chi connectivity index (χ3v) is 5.11. The average molecular weight is 341 g/mol. The van der Waals surface area contributed by atoms with Gasteiger partial charge in [-0.25, -0.2) is 0 Å². The first-order chi connectivity index (χ1) is 12.0. The van der Waals surface area contributed by atoms with E-state index in [1.165, 1.54) is 68.1 Å². The van der Waals surface area contributed by atoms with Crippen molar-refractivity contribution in [1.82, 2.24) is 0 Å². The summed E-state index contributed by atoms with van der Waals surface area (Å²) in [6.45, 7) is 17.2. The van der Waals surface area contributed by atoms with Gasteiger partial charge in [-0.3, -0.25) is 0 Å². The van der Waals surface area contributed by atoms with Crippen LogP contribution in [0.15, 0.2) is 31.4 Å². The topological polar surface area (TPSA) is 0 Å². The Morgan fingerprint density at radius 3 is 1.44 bits per heavy atom. The Kier molecular flexibility index (Phi) is 10.5. The summed E-state index contributed by atoms with van der Waals surface area (Å²) < 4.78 is 0. The van der Waals surface area contributed by atoms with Gasteiger partial charge in [0.05, 0.1) is 0 Å². The molecule has 0 nitrogen and oxygen atoms in total. The molecule has 0 fully saturated rings. The zero-order valence-corrected chi connectivity index (χ0v) is 17.2. The lowest BCUT2D eigenvalue weighted by Gasteiger charge is -2.19. The molecule has 1 aromatic carbocycles. The average Bonchev–Trinajstić information content (AvgIpc) is 2.59. The van der Waals surface area contributed by atoms with Gasteiger partial charge in [0.15, 0.2) is 0 Å². The number of benzene rings is 1. The van der Waals surface area contributed by atoms with Gasteiger partial charge < -0.3 is 0 Å². The summed E-state index contributed by atoms with van der Waals surface area (Å²) in [7, 11) is 0. The quantitative estimate of drug-likeness (QED) is 0.316. The van der Waals surface area contributed by atoms with Gasteiger partial charge in [-0.2, -0.15) is 0 Å². The second-order valence-electron chi connectivity index (χ2n) is 8.39. The summed E-state index contributed by atoms with van der Waals surface area (Å²) in [5.41, 5.74) is 3.94. The van der Waals surface area contributed by atoms with E-state index in [-0.39, 0.29) is 0 Å². The van der Waals surface area contributed by atoms with Crippen molar-refractivity contribution >= 4 is 12.2 Å². The van der Waals surface area contributed by atoms with E-state index in [1.807, 2.05) is 12.2 Å². The van der Waals surface area contributed by atoms with Gasteiger partial charge in [-0.05, 0) is 53.4 Å². The molecule has 0 heterocycles. The molecular formula is C25H40. The number of unbranched alkanes of at least 4 members (excludes halogenated alkanes) is 2. The molecule has 0 aliphatic rings. The van der Waals surface area contributed by atoms with Crippen LogP contribution >= 0.6 is 0 Å². The summed E-state index contributed by atoms with van der Waals surface area (Å²) in [5.74, 6) is 2.32. The minimum atomic E-state index is 0.679. The van der Waals surface area contributed by atoms with Gasteiger partial charge in [-0.1, -0.05) is 104 Å². The monoisotopic (exact) mass is 340 g/mol. The molecule has 0 aliphatic heterocycles. The van der Waals surface area contributed by atoms with Crippen molar-refractivity contribution in [2.45, 2.75) is 85.0 Å². The van der Waals surface area contributed by atoms with Crippen molar-refractivity contribution < 1.29 is 0 Å². The molecular weight excluding hydrogens is 300 g/mol. The maximum atomic E-state index is 3.96. The highest BCUT2D eigenvalue weighted by Gasteiger charge is 2.13. The fourth-order valence-corrected chi connectivity index (χ4v) is 3.54. The second kappa shape index (κ2) is 12.1. The summed E-state index contributed by atoms with van der Waals surface area (Å²) in [6, 6.07) is 6.86. The molecule has 0 heteroatoms. The molecule has 25 heavy (non-hydrogen) atoms. The van der Waals surface area contributed by atoms with Gasteiger partial charge in [0.2, 0.25) is 0 Å². The summed E-state index contributed by atoms with van der Waals surface area (Å²) >= 11 is 0. The van der Waals surface area contributed by atoms with Crippen LogP contribution in [-0.4, -0.2) is 0 Å². The fourth-order valence-electron chi connectivity index (χ4n) is 3.54. The molecule has 0 saturated carbocycles. The van der Waals surface area contributed by atoms with Crippen LogP contribution < -0.4 is 0 Å². The van der Waals surface area contributed by atoms with E-state index >= 15 is 0 Å². The lowest BCUT2D eigenvalue weighted by Crippen LogP contribution is -2.02. The van der Waals surface area contributed by atoms with E-state index in [0.717, 1.165) is 11.8 Å². The second-order valence-corrected chi connectivity index (χ2v) is 8.39. The van der Waals surface area contributed by atoms with Crippen LogP contribution in [0.4, 0.5) is 0 Å². The first-order valence-electron chi connectivity index (χ1n) is 10.4. The van der Waals surface area contributed by atoms with Crippen molar-refractivity contribution in [2.24, 2.45) is 11.8 Å². The maximum Gasteiger partial charge on any atom is -0.0162 e. The van der Waals surface area contributed by atoms with Gasteiger partial charge in [0.25, 0.3) is 0 Å². The molecule has 0 spiro atoms. The van der Waals surface area contributed by atoms with Crippen LogP contribution in [0.3, 0.4) is 0 Å². The van der Waals surface area contributed by atoms with Crippen molar-refractivity contribution in [3.05, 3.63) is 48.0 Å². The molecule has 0 bridgehead atoms. The van der Waals surface area contributed by atoms with Crippen LogP contribution in [0.2, 0.25) is 0 Å². The lowest BCUT2D eigenvalue weighted by atomic mass is 9.86. The van der Waals surface area contributed by atoms with Crippen LogP contribution in [0.1, 0.15) is 102 Å². The van der Waals surface area contributed by atoms with Gasteiger partial charge in [0.1, 0.15) is 0 Å². The van der Waals surface area contributed by atoms with Crippen molar-refractivity contribution in [1.29, 1.82) is 0 Å². The van der Waals surface area contributed by atoms with Crippen molar-refractivity contribution in [2.75, 3.05) is 0 Å². The standard InChI is InChI=1S/C25H40/c1-7-22-17-23(8-2)19-25(18-22)24(15-11-9-13-20(3)4)16-12-10-14-21(5)6/h7-8,17-21,24H,1-2,9-16H2,3-6H3. The lowest BCUT2D eigenvalue weighted by molar-refractivity contribution is 0.459. The Hall–Kier alpha value is -1.30. The smallest absolute Gasteiger partial charge is 0.0162 e. The molecule has 0 amide bonds. The first-order valence-corrected chi connectivity index (χ1v) is 10.4. The van der Waals surface area contributed by atoms with Gasteiger partial charge in [0, 0.05) is 0 Å². The molecule has 0 N–H and O–H groups in total. The number of hydrogen-bond acceptors (Lipinski definition) is 0. The molecule has 0 aromatic heterocycles. The maximum absolute atomic E-state index is 3.96. The molecule has 0 radical (unpaired) electrons. The Bertz CT molecular complexity index is 465. The summed E-state index contributed by atoms with van der Waals surface area (Å²) in [5, 5.41) is 0. The van der Waals surface area contributed by atoms with Gasteiger partial charge in [-0.15, -0.1) is 0 Å². The molecule has 0 atom stereocenters. The Balaban J connectivity index is 2.77. The largest absolute Gasteiger partial charge is 0.0985 e. The van der Waals surface area contributed by atoms with Crippen LogP contribution in [0, 0.1) is 11.8 Å². The van der Waals surface area contributed by atoms with Crippen LogP contribution in [0.25, 0.3) is 12.2 Å². The molecule has 140 valence electrons. The van der Waals surface area contributed by atoms with Crippen LogP contribution in [-0.2, 0) is 0 Å². The normalized spacial score (nSPS) is 11.5. The van der Waals surface area contributed by atoms with E-state index in [4.69, 9.17) is 0 Å². The predicted molar refractivity (Wildman–Crippen MR) is 116 cm³/mol. The minimum absolute atomic E-state index is 0.679. The molecule has 0 saturated heterocycles. The van der Waals surface area contributed by atoms with E-state index < -0.39 is 0 Å². The predicted octanol–water partition coefficient (Wildman–Crippen LogP) is 8.49. The van der Waals surface area contributed by atoms with E-state index in [1.54, 1.807) is 0 Å². The Labute approximate surface area is 157 Å². The molecule has 1 aromatic rings. The summed E-state index contributed by atoms with van der Waals surface area (Å²) in [4.78, 5) is 0. The number of rotatable bonds is 13. The van der Waals surface area contributed by atoms with Gasteiger partial charge >= 0.3 is 0 Å². The highest BCUT2D eigenvalue weighted by Crippen LogP contribution is 2.31. The molecule has 1 rings (SSSR count). The Morgan fingerprint density at radius 2 is 1.08 bits per heavy atom. The number of hydrogen-bond donors (Lipinski definition) is 0. The third kappa shape index (κ3) is 9.10. The van der Waals surface area contributed by atoms with Crippen LogP contribution in [0.5, 0.6) is 0 Å². The zero-order chi connectivity index (χ0) is 18.7. The van der Waals surface area contributed by atoms with E-state index in [9.17, 15) is 0 Å². The highest BCUT2D eigenvalue weighted by molar-refractivity contribution is 5.58. The molecule has 0 unspecified atom stereocenters. The minimum Gasteiger partial charge on any atom is -0.0985 e.